The third kappa shape index (κ3) is 2.63. The number of ether oxygens (including phenoxy) is 1. The summed E-state index contributed by atoms with van der Waals surface area (Å²) in [7, 11) is 0. The highest BCUT2D eigenvalue weighted by Crippen LogP contribution is 2.28. The second-order valence-corrected chi connectivity index (χ2v) is 5.03. The molecule has 3 rings (SSSR count). The first-order chi connectivity index (χ1) is 9.34. The number of nitrogens with two attached hydrogens (primary N) is 1. The Kier molecular flexibility index (Phi) is 3.51. The molecule has 1 aromatic carbocycles. The fourth-order valence-corrected chi connectivity index (χ4v) is 2.53. The largest absolute Gasteiger partial charge is 0.397 e. The fourth-order valence-electron chi connectivity index (χ4n) is 2.53. The molecule has 3 N–H and O–H groups in total. The Morgan fingerprint density at radius 3 is 2.95 bits per heavy atom. The molecule has 1 aliphatic heterocycles. The molecule has 100 valence electrons. The van der Waals surface area contributed by atoms with E-state index in [4.69, 9.17) is 10.5 Å². The summed E-state index contributed by atoms with van der Waals surface area (Å²) in [5, 5.41) is 4.48. The van der Waals surface area contributed by atoms with Crippen LogP contribution in [-0.2, 0) is 4.74 Å². The van der Waals surface area contributed by atoms with Crippen molar-refractivity contribution in [3.63, 3.8) is 0 Å². The van der Waals surface area contributed by atoms with E-state index in [0.717, 1.165) is 54.9 Å². The zero-order chi connectivity index (χ0) is 13.1. The normalized spacial score (nSPS) is 16.6. The predicted octanol–water partition coefficient (Wildman–Crippen LogP) is 2.66. The van der Waals surface area contributed by atoms with Crippen molar-refractivity contribution in [2.24, 2.45) is 5.92 Å². The number of hydrogen-bond acceptors (Lipinski definition) is 4. The maximum absolute atomic E-state index is 6.21. The Balaban J connectivity index is 1.75. The molecule has 0 bridgehead atoms. The van der Waals surface area contributed by atoms with E-state index in [9.17, 15) is 0 Å². The van der Waals surface area contributed by atoms with Crippen molar-refractivity contribution >= 4 is 22.3 Å². The lowest BCUT2D eigenvalue weighted by Gasteiger charge is -2.23. The second-order valence-electron chi connectivity index (χ2n) is 5.03. The minimum atomic E-state index is 0.678. The molecule has 1 saturated heterocycles. The van der Waals surface area contributed by atoms with Gasteiger partial charge in [0.25, 0.3) is 0 Å². The third-order valence-corrected chi connectivity index (χ3v) is 3.75. The van der Waals surface area contributed by atoms with Crippen LogP contribution in [0, 0.1) is 5.92 Å². The van der Waals surface area contributed by atoms with Gasteiger partial charge in [0.15, 0.2) is 0 Å². The minimum Gasteiger partial charge on any atom is -0.397 e. The van der Waals surface area contributed by atoms with Crippen LogP contribution in [0.5, 0.6) is 0 Å². The molecule has 4 nitrogen and oxygen atoms in total. The van der Waals surface area contributed by atoms with Crippen LogP contribution >= 0.6 is 0 Å². The standard InChI is InChI=1S/C15H19N3O/c16-15-12-2-1-7-17-13(12)3-4-14(15)18-10-11-5-8-19-9-6-11/h1-4,7,11,18H,5-6,8-10,16H2. The highest BCUT2D eigenvalue weighted by Gasteiger charge is 2.14. The van der Waals surface area contributed by atoms with Crippen molar-refractivity contribution in [2.75, 3.05) is 30.8 Å². The lowest BCUT2D eigenvalue weighted by atomic mass is 10.0. The first-order valence-corrected chi connectivity index (χ1v) is 6.79. The van der Waals surface area contributed by atoms with Gasteiger partial charge in [-0.25, -0.2) is 0 Å². The topological polar surface area (TPSA) is 60.2 Å². The van der Waals surface area contributed by atoms with Crippen LogP contribution in [0.25, 0.3) is 10.9 Å². The number of anilines is 2. The number of nitrogens with one attached hydrogen (secondary N) is 1. The Hall–Kier alpha value is -1.81. The number of rotatable bonds is 3. The van der Waals surface area contributed by atoms with Crippen LogP contribution in [0.3, 0.4) is 0 Å². The summed E-state index contributed by atoms with van der Waals surface area (Å²) in [5.74, 6) is 0.678. The number of pyridine rings is 1. The minimum absolute atomic E-state index is 0.678. The number of hydrogen-bond donors (Lipinski definition) is 2. The predicted molar refractivity (Wildman–Crippen MR) is 78.2 cm³/mol. The van der Waals surface area contributed by atoms with Gasteiger partial charge in [-0.05, 0) is 43.0 Å². The van der Waals surface area contributed by atoms with E-state index in [1.165, 1.54) is 0 Å². The van der Waals surface area contributed by atoms with Gasteiger partial charge >= 0.3 is 0 Å². The Bertz CT molecular complexity index is 564. The lowest BCUT2D eigenvalue weighted by Crippen LogP contribution is -2.22. The quantitative estimate of drug-likeness (QED) is 0.830. The average molecular weight is 257 g/mol. The third-order valence-electron chi connectivity index (χ3n) is 3.75. The molecule has 2 aromatic rings. The van der Waals surface area contributed by atoms with Gasteiger partial charge in [-0.1, -0.05) is 0 Å². The van der Waals surface area contributed by atoms with Crippen molar-refractivity contribution in [1.82, 2.24) is 4.98 Å². The summed E-state index contributed by atoms with van der Waals surface area (Å²) in [5.41, 5.74) is 8.94. The Morgan fingerprint density at radius 2 is 2.11 bits per heavy atom. The summed E-state index contributed by atoms with van der Waals surface area (Å²) in [4.78, 5) is 4.31. The molecule has 0 saturated carbocycles. The van der Waals surface area contributed by atoms with E-state index >= 15 is 0 Å². The molecule has 0 aliphatic carbocycles. The number of nitrogen functional groups attached to an aromatic ring is 1. The van der Waals surface area contributed by atoms with Crippen LogP contribution in [0.15, 0.2) is 30.5 Å². The van der Waals surface area contributed by atoms with Crippen molar-refractivity contribution in [1.29, 1.82) is 0 Å². The zero-order valence-electron chi connectivity index (χ0n) is 10.9. The first kappa shape index (κ1) is 12.2. The van der Waals surface area contributed by atoms with Crippen LogP contribution < -0.4 is 11.1 Å². The van der Waals surface area contributed by atoms with Gasteiger partial charge in [-0.15, -0.1) is 0 Å². The highest BCUT2D eigenvalue weighted by molar-refractivity contribution is 5.96. The molecule has 0 amide bonds. The number of nitrogens with zero attached hydrogens (tertiary/aromatic N) is 1. The molecule has 0 unspecified atom stereocenters. The van der Waals surface area contributed by atoms with E-state index in [2.05, 4.69) is 10.3 Å². The molecule has 1 aromatic heterocycles. The summed E-state index contributed by atoms with van der Waals surface area (Å²) in [6.45, 7) is 2.71. The SMILES string of the molecule is Nc1c(NCC2CCOCC2)ccc2ncccc12. The van der Waals surface area contributed by atoms with Gasteiger partial charge in [0.2, 0.25) is 0 Å². The van der Waals surface area contributed by atoms with Gasteiger partial charge in [0.05, 0.1) is 16.9 Å². The summed E-state index contributed by atoms with van der Waals surface area (Å²) in [6.07, 6.45) is 4.04. The maximum atomic E-state index is 6.21. The monoisotopic (exact) mass is 257 g/mol. The molecule has 4 heteroatoms. The van der Waals surface area contributed by atoms with Gasteiger partial charge < -0.3 is 15.8 Å². The molecule has 1 fully saturated rings. The van der Waals surface area contributed by atoms with E-state index < -0.39 is 0 Å². The lowest BCUT2D eigenvalue weighted by molar-refractivity contribution is 0.0699. The number of benzene rings is 1. The van der Waals surface area contributed by atoms with Crippen molar-refractivity contribution in [3.05, 3.63) is 30.5 Å². The van der Waals surface area contributed by atoms with Gasteiger partial charge in [-0.3, -0.25) is 4.98 Å². The van der Waals surface area contributed by atoms with Crippen LogP contribution in [0.4, 0.5) is 11.4 Å². The Labute approximate surface area is 113 Å². The van der Waals surface area contributed by atoms with Gasteiger partial charge in [0, 0.05) is 31.3 Å². The van der Waals surface area contributed by atoms with E-state index in [-0.39, 0.29) is 0 Å². The first-order valence-electron chi connectivity index (χ1n) is 6.79. The molecule has 19 heavy (non-hydrogen) atoms. The maximum Gasteiger partial charge on any atom is 0.0724 e. The molecule has 0 radical (unpaired) electrons. The van der Waals surface area contributed by atoms with Gasteiger partial charge in [0.1, 0.15) is 0 Å². The highest BCUT2D eigenvalue weighted by atomic mass is 16.5. The smallest absolute Gasteiger partial charge is 0.0724 e. The van der Waals surface area contributed by atoms with Crippen molar-refractivity contribution in [2.45, 2.75) is 12.8 Å². The zero-order valence-corrected chi connectivity index (χ0v) is 10.9. The molecular formula is C15H19N3O. The van der Waals surface area contributed by atoms with Crippen LogP contribution in [-0.4, -0.2) is 24.7 Å². The summed E-state index contributed by atoms with van der Waals surface area (Å²) >= 11 is 0. The second kappa shape index (κ2) is 5.45. The molecule has 0 atom stereocenters. The molecule has 1 aliphatic rings. The van der Waals surface area contributed by atoms with Gasteiger partial charge in [-0.2, -0.15) is 0 Å². The van der Waals surface area contributed by atoms with Crippen molar-refractivity contribution in [3.8, 4) is 0 Å². The molecular weight excluding hydrogens is 238 g/mol. The van der Waals surface area contributed by atoms with E-state index in [0.29, 0.717) is 5.92 Å². The average Bonchev–Trinajstić information content (AvgIpc) is 2.48. The number of fused-ring (bicyclic) bond motifs is 1. The van der Waals surface area contributed by atoms with Crippen molar-refractivity contribution < 1.29 is 4.74 Å². The molecule has 2 heterocycles. The van der Waals surface area contributed by atoms with E-state index in [1.54, 1.807) is 6.20 Å². The van der Waals surface area contributed by atoms with E-state index in [1.807, 2.05) is 24.3 Å². The Morgan fingerprint density at radius 1 is 1.26 bits per heavy atom. The van der Waals surface area contributed by atoms with Crippen LogP contribution in [0.2, 0.25) is 0 Å². The van der Waals surface area contributed by atoms with Crippen LogP contribution in [0.1, 0.15) is 12.8 Å². The molecule has 0 spiro atoms. The fraction of sp³-hybridized carbons (Fsp3) is 0.400. The summed E-state index contributed by atoms with van der Waals surface area (Å²) in [6, 6.07) is 7.96. The number of aromatic nitrogens is 1. The summed E-state index contributed by atoms with van der Waals surface area (Å²) < 4.78 is 5.37.